The molecule has 0 aliphatic heterocycles. The van der Waals surface area contributed by atoms with E-state index in [9.17, 15) is 4.79 Å². The van der Waals surface area contributed by atoms with Gasteiger partial charge in [-0.2, -0.15) is 5.10 Å². The molecule has 0 aliphatic carbocycles. The van der Waals surface area contributed by atoms with Crippen LogP contribution in [-0.2, 0) is 0 Å². The van der Waals surface area contributed by atoms with E-state index in [0.717, 1.165) is 0 Å². The highest BCUT2D eigenvalue weighted by atomic mass is 35.5. The number of hydrogen-bond acceptors (Lipinski definition) is 2. The monoisotopic (exact) mass is 195 g/mol. The zero-order valence-corrected chi connectivity index (χ0v) is 7.28. The molecule has 0 aliphatic rings. The third-order valence-corrected chi connectivity index (χ3v) is 0.879. The minimum atomic E-state index is -0.733. The Morgan fingerprint density at radius 2 is 2.18 bits per heavy atom. The highest BCUT2D eigenvalue weighted by Gasteiger charge is 1.89. The summed E-state index contributed by atoms with van der Waals surface area (Å²) in [5, 5.41) is 3.51. The van der Waals surface area contributed by atoms with Gasteiger partial charge in [0, 0.05) is 0 Å². The number of rotatable bonds is 2. The van der Waals surface area contributed by atoms with E-state index in [4.69, 9.17) is 28.9 Å². The highest BCUT2D eigenvalue weighted by Crippen LogP contribution is 2.05. The maximum atomic E-state index is 10.1. The Morgan fingerprint density at radius 1 is 1.64 bits per heavy atom. The van der Waals surface area contributed by atoms with Crippen LogP contribution >= 0.6 is 23.2 Å². The molecule has 6 heteroatoms. The number of nitrogens with one attached hydrogen (secondary N) is 1. The maximum absolute atomic E-state index is 10.1. The fraction of sp³-hybridized carbons (Fsp3) is 0.200. The van der Waals surface area contributed by atoms with Gasteiger partial charge < -0.3 is 5.73 Å². The third kappa shape index (κ3) is 7.15. The lowest BCUT2D eigenvalue weighted by molar-refractivity contribution is 0.249. The molecule has 4 nitrogen and oxygen atoms in total. The second-order valence-corrected chi connectivity index (χ2v) is 2.67. The molecule has 11 heavy (non-hydrogen) atoms. The predicted molar refractivity (Wildman–Crippen MR) is 45.6 cm³/mol. The van der Waals surface area contributed by atoms with Gasteiger partial charge in [0.1, 0.15) is 4.49 Å². The molecule has 62 valence electrons. The zero-order valence-electron chi connectivity index (χ0n) is 5.77. The van der Waals surface area contributed by atoms with Gasteiger partial charge in [-0.15, -0.1) is 0 Å². The van der Waals surface area contributed by atoms with Gasteiger partial charge in [-0.05, 0) is 13.0 Å². The summed E-state index contributed by atoms with van der Waals surface area (Å²) in [4.78, 5) is 10.1. The van der Waals surface area contributed by atoms with Crippen LogP contribution < -0.4 is 11.2 Å². The zero-order chi connectivity index (χ0) is 8.85. The number of primary amides is 1. The number of hydrogen-bond donors (Lipinski definition) is 2. The quantitative estimate of drug-likeness (QED) is 0.507. The second-order valence-electron chi connectivity index (χ2n) is 1.66. The lowest BCUT2D eigenvalue weighted by Gasteiger charge is -1.92. The molecule has 0 saturated carbocycles. The summed E-state index contributed by atoms with van der Waals surface area (Å²) in [7, 11) is 0. The van der Waals surface area contributed by atoms with E-state index in [2.05, 4.69) is 5.10 Å². The fourth-order valence-corrected chi connectivity index (χ4v) is 0.649. The minimum Gasteiger partial charge on any atom is -0.350 e. The van der Waals surface area contributed by atoms with Crippen molar-refractivity contribution in [2.45, 2.75) is 6.92 Å². The fourth-order valence-electron chi connectivity index (χ4n) is 0.333. The Morgan fingerprint density at radius 3 is 2.55 bits per heavy atom. The van der Waals surface area contributed by atoms with Crippen molar-refractivity contribution in [3.8, 4) is 0 Å². The van der Waals surface area contributed by atoms with Gasteiger partial charge in [-0.25, -0.2) is 10.2 Å². The first-order valence-electron chi connectivity index (χ1n) is 2.65. The largest absolute Gasteiger partial charge is 0.350 e. The van der Waals surface area contributed by atoms with Crippen LogP contribution in [0.3, 0.4) is 0 Å². The van der Waals surface area contributed by atoms with Gasteiger partial charge in [-0.3, -0.25) is 0 Å². The van der Waals surface area contributed by atoms with Crippen LogP contribution in [0.5, 0.6) is 0 Å². The van der Waals surface area contributed by atoms with E-state index in [0.29, 0.717) is 5.71 Å². The molecule has 0 spiro atoms. The number of carbonyl (C=O) groups excluding carboxylic acids is 1. The Bertz CT molecular complexity index is 208. The van der Waals surface area contributed by atoms with Crippen molar-refractivity contribution >= 4 is 34.9 Å². The molecule has 2 amide bonds. The topological polar surface area (TPSA) is 67.5 Å². The van der Waals surface area contributed by atoms with Crippen LogP contribution in [0.25, 0.3) is 0 Å². The van der Waals surface area contributed by atoms with Crippen molar-refractivity contribution in [3.05, 3.63) is 10.6 Å². The van der Waals surface area contributed by atoms with Crippen molar-refractivity contribution in [2.75, 3.05) is 0 Å². The lowest BCUT2D eigenvalue weighted by Crippen LogP contribution is -2.25. The molecular formula is C5H7Cl2N3O. The van der Waals surface area contributed by atoms with Crippen molar-refractivity contribution in [2.24, 2.45) is 10.8 Å². The molecule has 0 bridgehead atoms. The summed E-state index contributed by atoms with van der Waals surface area (Å²) in [6.07, 6.45) is 1.37. The molecule has 0 aromatic rings. The number of hydrazone groups is 1. The number of halogens is 2. The van der Waals surface area contributed by atoms with Gasteiger partial charge in [0.05, 0.1) is 5.71 Å². The van der Waals surface area contributed by atoms with Gasteiger partial charge in [0.2, 0.25) is 0 Å². The number of nitrogens with zero attached hydrogens (tertiary/aromatic N) is 1. The van der Waals surface area contributed by atoms with Gasteiger partial charge in [-0.1, -0.05) is 23.2 Å². The molecule has 0 atom stereocenters. The molecule has 3 N–H and O–H groups in total. The average Bonchev–Trinajstić information content (AvgIpc) is 1.82. The van der Waals surface area contributed by atoms with Crippen molar-refractivity contribution in [1.82, 2.24) is 5.43 Å². The van der Waals surface area contributed by atoms with Gasteiger partial charge >= 0.3 is 6.03 Å². The van der Waals surface area contributed by atoms with Crippen molar-refractivity contribution in [1.29, 1.82) is 0 Å². The molecular weight excluding hydrogens is 189 g/mol. The van der Waals surface area contributed by atoms with E-state index < -0.39 is 6.03 Å². The third-order valence-electron chi connectivity index (χ3n) is 0.660. The van der Waals surface area contributed by atoms with E-state index in [-0.39, 0.29) is 4.49 Å². The summed E-state index contributed by atoms with van der Waals surface area (Å²) in [5.74, 6) is 0. The van der Waals surface area contributed by atoms with E-state index >= 15 is 0 Å². The molecule has 0 rings (SSSR count). The van der Waals surface area contributed by atoms with E-state index in [1.807, 2.05) is 5.43 Å². The number of urea groups is 1. The second kappa shape index (κ2) is 4.98. The molecule has 0 saturated heterocycles. The van der Waals surface area contributed by atoms with Gasteiger partial charge in [0.25, 0.3) is 0 Å². The maximum Gasteiger partial charge on any atom is 0.332 e. The van der Waals surface area contributed by atoms with Crippen molar-refractivity contribution < 1.29 is 4.79 Å². The average molecular weight is 196 g/mol. The first kappa shape index (κ1) is 10.3. The Labute approximate surface area is 74.0 Å². The number of nitrogens with two attached hydrogens (primary N) is 1. The predicted octanol–water partition coefficient (Wildman–Crippen LogP) is 1.35. The SMILES string of the molecule is C/C(C=C(Cl)Cl)=N/NC(N)=O. The lowest BCUT2D eigenvalue weighted by atomic mass is 10.4. The molecule has 0 aromatic heterocycles. The first-order valence-corrected chi connectivity index (χ1v) is 3.40. The Balaban J connectivity index is 4.02. The van der Waals surface area contributed by atoms with Crippen LogP contribution in [0.15, 0.2) is 15.7 Å². The van der Waals surface area contributed by atoms with Crippen LogP contribution in [0.1, 0.15) is 6.92 Å². The molecule has 0 heterocycles. The first-order chi connectivity index (χ1) is 5.02. The summed E-state index contributed by atoms with van der Waals surface area (Å²) >= 11 is 10.6. The summed E-state index contributed by atoms with van der Waals surface area (Å²) in [5.41, 5.74) is 7.21. The molecule has 0 radical (unpaired) electrons. The summed E-state index contributed by atoms with van der Waals surface area (Å²) < 4.78 is 0.0671. The molecule has 0 unspecified atom stereocenters. The van der Waals surface area contributed by atoms with Crippen LogP contribution in [0.2, 0.25) is 0 Å². The van der Waals surface area contributed by atoms with Crippen LogP contribution in [0.4, 0.5) is 4.79 Å². The van der Waals surface area contributed by atoms with Crippen LogP contribution in [0, 0.1) is 0 Å². The van der Waals surface area contributed by atoms with Crippen LogP contribution in [-0.4, -0.2) is 11.7 Å². The Hall–Kier alpha value is -0.740. The highest BCUT2D eigenvalue weighted by molar-refractivity contribution is 6.56. The molecule has 0 fully saturated rings. The Kier molecular flexibility index (Phi) is 4.65. The smallest absolute Gasteiger partial charge is 0.332 e. The van der Waals surface area contributed by atoms with Crippen molar-refractivity contribution in [3.63, 3.8) is 0 Å². The van der Waals surface area contributed by atoms with E-state index in [1.165, 1.54) is 6.08 Å². The standard InChI is InChI=1S/C5H7Cl2N3O/c1-3(2-4(6)7)9-10-5(8)11/h2H,1H3,(H3,8,10,11)/b9-3-. The van der Waals surface area contributed by atoms with Gasteiger partial charge in [0.15, 0.2) is 0 Å². The normalized spacial score (nSPS) is 10.6. The van der Waals surface area contributed by atoms with E-state index in [1.54, 1.807) is 6.92 Å². The minimum absolute atomic E-state index is 0.0671. The molecule has 0 aromatic carbocycles. The summed E-state index contributed by atoms with van der Waals surface area (Å²) in [6.45, 7) is 1.61. The number of amides is 2. The summed E-state index contributed by atoms with van der Waals surface area (Å²) in [6, 6.07) is -0.733. The number of allylic oxidation sites excluding steroid dienone is 1. The number of carbonyl (C=O) groups is 1.